The van der Waals surface area contributed by atoms with Crippen LogP contribution >= 0.6 is 0 Å². The van der Waals surface area contributed by atoms with E-state index in [-0.39, 0.29) is 5.91 Å². The lowest BCUT2D eigenvalue weighted by Gasteiger charge is -2.30. The first kappa shape index (κ1) is 14.9. The van der Waals surface area contributed by atoms with Gasteiger partial charge in [-0.15, -0.1) is 0 Å². The van der Waals surface area contributed by atoms with Gasteiger partial charge in [0.1, 0.15) is 0 Å². The Balaban J connectivity index is 2.39. The molecular weight excluding hydrogens is 232 g/mol. The first-order valence-corrected chi connectivity index (χ1v) is 6.36. The molecule has 0 saturated carbocycles. The van der Waals surface area contributed by atoms with Crippen molar-refractivity contribution in [2.24, 2.45) is 5.73 Å². The summed E-state index contributed by atoms with van der Waals surface area (Å²) < 4.78 is 5.27. The topological polar surface area (TPSA) is 82.6 Å². The van der Waals surface area contributed by atoms with Crippen LogP contribution in [0.3, 0.4) is 0 Å². The fourth-order valence-corrected chi connectivity index (χ4v) is 1.89. The molecule has 0 aliphatic carbocycles. The Labute approximate surface area is 108 Å². The Hall–Kier alpha value is -1.16. The maximum Gasteiger partial charge on any atom is 0.239 e. The van der Waals surface area contributed by atoms with Crippen molar-refractivity contribution < 1.29 is 9.53 Å². The number of carbonyl (C=O) groups excluding carboxylic acids is 1. The quantitative estimate of drug-likeness (QED) is 0.685. The van der Waals surface area contributed by atoms with Crippen LogP contribution in [0.15, 0.2) is 0 Å². The van der Waals surface area contributed by atoms with E-state index in [0.717, 1.165) is 32.8 Å². The monoisotopic (exact) mass is 254 g/mol. The number of nitrogens with zero attached hydrogens (tertiary/aromatic N) is 3. The van der Waals surface area contributed by atoms with E-state index >= 15 is 0 Å². The van der Waals surface area contributed by atoms with Crippen LogP contribution in [-0.4, -0.2) is 67.7 Å². The Morgan fingerprint density at radius 3 is 2.72 bits per heavy atom. The van der Waals surface area contributed by atoms with Gasteiger partial charge in [-0.05, 0) is 6.92 Å². The number of ether oxygens (including phenoxy) is 1. The normalized spacial score (nSPS) is 18.1. The molecule has 6 nitrogen and oxygen atoms in total. The fourth-order valence-electron chi connectivity index (χ4n) is 1.89. The van der Waals surface area contributed by atoms with Crippen LogP contribution in [-0.2, 0) is 9.53 Å². The Morgan fingerprint density at radius 1 is 1.50 bits per heavy atom. The van der Waals surface area contributed by atoms with Crippen LogP contribution in [0.2, 0.25) is 0 Å². The molecule has 0 aromatic carbocycles. The molecule has 0 aromatic heterocycles. The lowest BCUT2D eigenvalue weighted by Crippen LogP contribution is -2.47. The molecule has 1 saturated heterocycles. The fraction of sp³-hybridized carbons (Fsp3) is 0.833. The number of hydrogen-bond donors (Lipinski definition) is 1. The summed E-state index contributed by atoms with van der Waals surface area (Å²) in [6.45, 7) is 6.88. The molecular formula is C12H22N4O2. The standard InChI is InChI=1S/C12H22N4O2/c1-11(14)12(17)16(4-2-3-13)6-5-15-7-9-18-10-8-15/h11H,2,4-10,14H2,1H3/t11-/m1/s1. The Kier molecular flexibility index (Phi) is 6.65. The van der Waals surface area contributed by atoms with Gasteiger partial charge in [-0.3, -0.25) is 9.69 Å². The Morgan fingerprint density at radius 2 is 2.17 bits per heavy atom. The molecule has 18 heavy (non-hydrogen) atoms. The molecule has 1 heterocycles. The molecule has 0 aromatic rings. The Bertz CT molecular complexity index is 295. The predicted octanol–water partition coefficient (Wildman–Crippen LogP) is -0.592. The first-order chi connectivity index (χ1) is 8.65. The first-order valence-electron chi connectivity index (χ1n) is 6.36. The second kappa shape index (κ2) is 8.03. The minimum absolute atomic E-state index is 0.0847. The zero-order chi connectivity index (χ0) is 13.4. The summed E-state index contributed by atoms with van der Waals surface area (Å²) in [7, 11) is 0. The maximum absolute atomic E-state index is 11.9. The molecule has 0 radical (unpaired) electrons. The van der Waals surface area contributed by atoms with E-state index in [4.69, 9.17) is 15.7 Å². The largest absolute Gasteiger partial charge is 0.379 e. The van der Waals surface area contributed by atoms with Gasteiger partial charge in [0, 0.05) is 32.7 Å². The average molecular weight is 254 g/mol. The van der Waals surface area contributed by atoms with Gasteiger partial charge >= 0.3 is 0 Å². The molecule has 1 rings (SSSR count). The summed E-state index contributed by atoms with van der Waals surface area (Å²) in [5.41, 5.74) is 5.61. The highest BCUT2D eigenvalue weighted by Crippen LogP contribution is 2.00. The van der Waals surface area contributed by atoms with Gasteiger partial charge in [-0.1, -0.05) is 0 Å². The van der Waals surface area contributed by atoms with Gasteiger partial charge in [-0.2, -0.15) is 5.26 Å². The summed E-state index contributed by atoms with van der Waals surface area (Å²) in [5, 5.41) is 8.61. The molecule has 6 heteroatoms. The highest BCUT2D eigenvalue weighted by molar-refractivity contribution is 5.81. The summed E-state index contributed by atoms with van der Waals surface area (Å²) in [6.07, 6.45) is 0.349. The van der Waals surface area contributed by atoms with E-state index in [1.165, 1.54) is 0 Å². The van der Waals surface area contributed by atoms with E-state index in [0.29, 0.717) is 19.5 Å². The number of carbonyl (C=O) groups is 1. The molecule has 0 spiro atoms. The smallest absolute Gasteiger partial charge is 0.239 e. The average Bonchev–Trinajstić information content (AvgIpc) is 2.39. The van der Waals surface area contributed by atoms with Gasteiger partial charge in [0.2, 0.25) is 5.91 Å². The van der Waals surface area contributed by atoms with Gasteiger partial charge in [0.15, 0.2) is 0 Å². The van der Waals surface area contributed by atoms with Crippen molar-refractivity contribution in [3.05, 3.63) is 0 Å². The molecule has 0 bridgehead atoms. The summed E-state index contributed by atoms with van der Waals surface area (Å²) in [6, 6.07) is 1.56. The summed E-state index contributed by atoms with van der Waals surface area (Å²) in [5.74, 6) is -0.0847. The van der Waals surface area contributed by atoms with Crippen molar-refractivity contribution in [3.63, 3.8) is 0 Å². The summed E-state index contributed by atoms with van der Waals surface area (Å²) in [4.78, 5) is 15.8. The van der Waals surface area contributed by atoms with Crippen molar-refractivity contribution >= 4 is 5.91 Å². The van der Waals surface area contributed by atoms with Crippen molar-refractivity contribution in [1.82, 2.24) is 9.80 Å². The highest BCUT2D eigenvalue weighted by Gasteiger charge is 2.18. The van der Waals surface area contributed by atoms with Gasteiger partial charge < -0.3 is 15.4 Å². The van der Waals surface area contributed by atoms with Crippen LogP contribution in [0.4, 0.5) is 0 Å². The number of nitriles is 1. The number of amides is 1. The number of rotatable bonds is 6. The van der Waals surface area contributed by atoms with Crippen LogP contribution < -0.4 is 5.73 Å². The van der Waals surface area contributed by atoms with Gasteiger partial charge in [0.25, 0.3) is 0 Å². The zero-order valence-corrected chi connectivity index (χ0v) is 11.0. The third-order valence-corrected chi connectivity index (χ3v) is 2.98. The van der Waals surface area contributed by atoms with E-state index in [9.17, 15) is 4.79 Å². The van der Waals surface area contributed by atoms with Crippen LogP contribution in [0, 0.1) is 11.3 Å². The van der Waals surface area contributed by atoms with Crippen molar-refractivity contribution in [1.29, 1.82) is 5.26 Å². The van der Waals surface area contributed by atoms with Crippen molar-refractivity contribution in [3.8, 4) is 6.07 Å². The molecule has 1 atom stereocenters. The molecule has 1 aliphatic heterocycles. The van der Waals surface area contributed by atoms with E-state index in [2.05, 4.69) is 11.0 Å². The number of hydrogen-bond acceptors (Lipinski definition) is 5. The third kappa shape index (κ3) is 5.00. The lowest BCUT2D eigenvalue weighted by molar-refractivity contribution is -0.132. The van der Waals surface area contributed by atoms with Crippen molar-refractivity contribution in [2.45, 2.75) is 19.4 Å². The van der Waals surface area contributed by atoms with Crippen LogP contribution in [0.25, 0.3) is 0 Å². The number of nitrogens with two attached hydrogens (primary N) is 1. The summed E-state index contributed by atoms with van der Waals surface area (Å²) >= 11 is 0. The molecule has 1 amide bonds. The van der Waals surface area contributed by atoms with Crippen LogP contribution in [0.1, 0.15) is 13.3 Å². The SMILES string of the molecule is C[C@@H](N)C(=O)N(CCC#N)CCN1CCOCC1. The molecule has 1 aliphatic rings. The van der Waals surface area contributed by atoms with E-state index in [1.807, 2.05) is 0 Å². The predicted molar refractivity (Wildman–Crippen MR) is 67.7 cm³/mol. The van der Waals surface area contributed by atoms with Gasteiger partial charge in [0.05, 0.1) is 31.7 Å². The van der Waals surface area contributed by atoms with Crippen molar-refractivity contribution in [2.75, 3.05) is 45.9 Å². The highest BCUT2D eigenvalue weighted by atomic mass is 16.5. The minimum Gasteiger partial charge on any atom is -0.379 e. The lowest BCUT2D eigenvalue weighted by atomic mass is 10.2. The zero-order valence-electron chi connectivity index (χ0n) is 11.0. The maximum atomic E-state index is 11.9. The third-order valence-electron chi connectivity index (χ3n) is 2.98. The van der Waals surface area contributed by atoms with Gasteiger partial charge in [-0.25, -0.2) is 0 Å². The van der Waals surface area contributed by atoms with Crippen LogP contribution in [0.5, 0.6) is 0 Å². The molecule has 102 valence electrons. The molecule has 2 N–H and O–H groups in total. The van der Waals surface area contributed by atoms with E-state index in [1.54, 1.807) is 11.8 Å². The second-order valence-electron chi connectivity index (χ2n) is 4.48. The van der Waals surface area contributed by atoms with E-state index < -0.39 is 6.04 Å². The number of morpholine rings is 1. The second-order valence-corrected chi connectivity index (χ2v) is 4.48. The molecule has 1 fully saturated rings. The molecule has 0 unspecified atom stereocenters. The minimum atomic E-state index is -0.506.